The molecule has 2 amide bonds. The van der Waals surface area contributed by atoms with E-state index in [1.807, 2.05) is 0 Å². The Morgan fingerprint density at radius 3 is 2.41 bits per heavy atom. The average molecular weight is 642 g/mol. The van der Waals surface area contributed by atoms with Gasteiger partial charge in [-0.1, -0.05) is 6.42 Å². The van der Waals surface area contributed by atoms with Crippen molar-refractivity contribution in [2.75, 3.05) is 18.4 Å². The number of benzene rings is 1. The first-order chi connectivity index (χ1) is 21.9. The SMILES string of the molecule is CC(C)Oc1cc(-c2ccc(OC(F)F)cc2C(=O)N2CC(F)C2)cc(NC(=O)c2cc(CN[C@@H](C)C3CCC3)cn(C)c2=O)n1. The first kappa shape index (κ1) is 33.0. The number of likely N-dealkylation sites (tertiary alicyclic amines) is 1. The van der Waals surface area contributed by atoms with Crippen molar-refractivity contribution in [1.82, 2.24) is 19.8 Å². The molecule has 5 rings (SSSR count). The number of halogens is 3. The van der Waals surface area contributed by atoms with Crippen LogP contribution in [-0.4, -0.2) is 64.3 Å². The molecule has 3 aromatic rings. The Morgan fingerprint density at radius 2 is 1.78 bits per heavy atom. The number of hydrogen-bond donors (Lipinski definition) is 2. The second-order valence-electron chi connectivity index (χ2n) is 12.1. The summed E-state index contributed by atoms with van der Waals surface area (Å²) in [4.78, 5) is 45.5. The molecule has 0 radical (unpaired) electrons. The fourth-order valence-corrected chi connectivity index (χ4v) is 5.53. The van der Waals surface area contributed by atoms with Gasteiger partial charge in [-0.05, 0) is 86.6 Å². The topological polar surface area (TPSA) is 115 Å². The quantitative estimate of drug-likeness (QED) is 0.281. The Kier molecular flexibility index (Phi) is 10.00. The molecule has 10 nitrogen and oxygen atoms in total. The number of aryl methyl sites for hydroxylation is 1. The van der Waals surface area contributed by atoms with Crippen LogP contribution in [0, 0.1) is 5.92 Å². The van der Waals surface area contributed by atoms with Crippen molar-refractivity contribution < 1.29 is 32.2 Å². The number of nitrogens with one attached hydrogen (secondary N) is 2. The smallest absolute Gasteiger partial charge is 0.387 e. The van der Waals surface area contributed by atoms with E-state index >= 15 is 0 Å². The fourth-order valence-electron chi connectivity index (χ4n) is 5.53. The molecular weight excluding hydrogens is 603 g/mol. The van der Waals surface area contributed by atoms with E-state index in [2.05, 4.69) is 27.3 Å². The first-order valence-electron chi connectivity index (χ1n) is 15.3. The van der Waals surface area contributed by atoms with Gasteiger partial charge in [0.25, 0.3) is 17.4 Å². The van der Waals surface area contributed by atoms with Crippen LogP contribution in [0.25, 0.3) is 11.1 Å². The summed E-state index contributed by atoms with van der Waals surface area (Å²) in [7, 11) is 1.58. The van der Waals surface area contributed by atoms with Crippen LogP contribution >= 0.6 is 0 Å². The van der Waals surface area contributed by atoms with Crippen LogP contribution in [0.5, 0.6) is 11.6 Å². The minimum absolute atomic E-state index is 0.00535. The molecule has 46 heavy (non-hydrogen) atoms. The summed E-state index contributed by atoms with van der Waals surface area (Å²) in [6.07, 6.45) is 3.81. The molecule has 1 saturated carbocycles. The minimum Gasteiger partial charge on any atom is -0.475 e. The highest BCUT2D eigenvalue weighted by Crippen LogP contribution is 2.34. The third kappa shape index (κ3) is 7.69. The molecule has 2 fully saturated rings. The summed E-state index contributed by atoms with van der Waals surface area (Å²) in [5.74, 6) is -0.752. The van der Waals surface area contributed by atoms with Gasteiger partial charge in [0.05, 0.1) is 24.8 Å². The van der Waals surface area contributed by atoms with E-state index in [0.29, 0.717) is 29.6 Å². The third-order valence-electron chi connectivity index (χ3n) is 8.25. The molecule has 3 heterocycles. The summed E-state index contributed by atoms with van der Waals surface area (Å²) in [5.41, 5.74) is 0.839. The molecular formula is C33H38F3N5O5. The number of amides is 2. The molecule has 246 valence electrons. The zero-order chi connectivity index (χ0) is 33.1. The van der Waals surface area contributed by atoms with E-state index < -0.39 is 30.2 Å². The number of carbonyl (C=O) groups is 2. The summed E-state index contributed by atoms with van der Waals surface area (Å²) in [6, 6.07) is 8.76. The van der Waals surface area contributed by atoms with Crippen molar-refractivity contribution in [1.29, 1.82) is 0 Å². The Bertz CT molecular complexity index is 1650. The Labute approximate surface area is 264 Å². The normalized spacial score (nSPS) is 15.8. The summed E-state index contributed by atoms with van der Waals surface area (Å²) < 4.78 is 51.3. The predicted molar refractivity (Wildman–Crippen MR) is 166 cm³/mol. The lowest BCUT2D eigenvalue weighted by atomic mass is 9.80. The number of anilines is 1. The zero-order valence-corrected chi connectivity index (χ0v) is 26.2. The van der Waals surface area contributed by atoms with E-state index in [4.69, 9.17) is 4.74 Å². The average Bonchev–Trinajstić information content (AvgIpc) is 2.93. The van der Waals surface area contributed by atoms with Crippen molar-refractivity contribution in [3.63, 3.8) is 0 Å². The molecule has 0 spiro atoms. The molecule has 13 heteroatoms. The van der Waals surface area contributed by atoms with Crippen LogP contribution < -0.4 is 25.7 Å². The van der Waals surface area contributed by atoms with Crippen molar-refractivity contribution in [3.05, 3.63) is 69.6 Å². The van der Waals surface area contributed by atoms with E-state index in [1.165, 1.54) is 59.1 Å². The van der Waals surface area contributed by atoms with Crippen LogP contribution in [0.1, 0.15) is 66.3 Å². The lowest BCUT2D eigenvalue weighted by Crippen LogP contribution is -2.51. The number of pyridine rings is 2. The van der Waals surface area contributed by atoms with Crippen LogP contribution in [0.2, 0.25) is 0 Å². The number of aromatic nitrogens is 2. The monoisotopic (exact) mass is 641 g/mol. The maximum Gasteiger partial charge on any atom is 0.387 e. The highest BCUT2D eigenvalue weighted by molar-refractivity contribution is 6.05. The van der Waals surface area contributed by atoms with Crippen LogP contribution in [0.4, 0.5) is 19.0 Å². The Hall–Kier alpha value is -4.39. The van der Waals surface area contributed by atoms with Gasteiger partial charge >= 0.3 is 6.61 Å². The van der Waals surface area contributed by atoms with Gasteiger partial charge in [0.15, 0.2) is 0 Å². The molecule has 2 aliphatic rings. The van der Waals surface area contributed by atoms with Gasteiger partial charge in [0.1, 0.15) is 23.3 Å². The number of ether oxygens (including phenoxy) is 2. The molecule has 2 N–H and O–H groups in total. The maximum atomic E-state index is 13.6. The lowest BCUT2D eigenvalue weighted by molar-refractivity contribution is -0.0499. The minimum atomic E-state index is -3.12. The van der Waals surface area contributed by atoms with Gasteiger partial charge in [0, 0.05) is 31.9 Å². The van der Waals surface area contributed by atoms with Gasteiger partial charge in [-0.15, -0.1) is 0 Å². The summed E-state index contributed by atoms with van der Waals surface area (Å²) in [6.45, 7) is 2.81. The van der Waals surface area contributed by atoms with E-state index in [9.17, 15) is 27.6 Å². The van der Waals surface area contributed by atoms with Crippen LogP contribution in [0.3, 0.4) is 0 Å². The standard InChI is InChI=1S/C33H38F3N5O5/c1-18(2)45-29-12-22(25-9-8-24(46-33(35)36)13-26(25)32(44)41-16-23(34)17-41)11-28(38-29)39-30(42)27-10-20(15-40(4)31(27)43)14-37-19(3)21-6-5-7-21/h8-13,15,18-19,21,23,33,37H,5-7,14,16-17H2,1-4H3,(H,38,39,42)/t19-/m0/s1. The predicted octanol–water partition coefficient (Wildman–Crippen LogP) is 5.16. The van der Waals surface area contributed by atoms with Crippen LogP contribution in [-0.2, 0) is 13.6 Å². The second kappa shape index (κ2) is 13.9. The molecule has 1 aliphatic carbocycles. The molecule has 0 unspecified atom stereocenters. The van der Waals surface area contributed by atoms with E-state index in [-0.39, 0.29) is 47.8 Å². The van der Waals surface area contributed by atoms with E-state index in [0.717, 1.165) is 5.56 Å². The summed E-state index contributed by atoms with van der Waals surface area (Å²) >= 11 is 0. The van der Waals surface area contributed by atoms with Crippen molar-refractivity contribution in [2.45, 2.75) is 71.5 Å². The van der Waals surface area contributed by atoms with Crippen molar-refractivity contribution >= 4 is 17.6 Å². The molecule has 1 aromatic carbocycles. The largest absolute Gasteiger partial charge is 0.475 e. The molecule has 0 bridgehead atoms. The molecule has 2 aromatic heterocycles. The van der Waals surface area contributed by atoms with Gasteiger partial charge in [-0.2, -0.15) is 13.8 Å². The van der Waals surface area contributed by atoms with Gasteiger partial charge in [0.2, 0.25) is 5.88 Å². The number of carbonyl (C=O) groups excluding carboxylic acids is 2. The third-order valence-corrected chi connectivity index (χ3v) is 8.25. The van der Waals surface area contributed by atoms with Gasteiger partial charge in [-0.25, -0.2) is 4.39 Å². The molecule has 1 saturated heterocycles. The number of hydrogen-bond acceptors (Lipinski definition) is 7. The van der Waals surface area contributed by atoms with E-state index in [1.54, 1.807) is 33.2 Å². The Morgan fingerprint density at radius 1 is 1.04 bits per heavy atom. The number of alkyl halides is 3. The highest BCUT2D eigenvalue weighted by Gasteiger charge is 2.33. The number of nitrogens with zero attached hydrogens (tertiary/aromatic N) is 3. The zero-order valence-electron chi connectivity index (χ0n) is 26.2. The molecule has 1 atom stereocenters. The number of rotatable bonds is 12. The van der Waals surface area contributed by atoms with Gasteiger partial charge in [-0.3, -0.25) is 14.4 Å². The summed E-state index contributed by atoms with van der Waals surface area (Å²) in [5, 5.41) is 6.17. The first-order valence-corrected chi connectivity index (χ1v) is 15.3. The van der Waals surface area contributed by atoms with Crippen molar-refractivity contribution in [3.8, 4) is 22.8 Å². The fraction of sp³-hybridized carbons (Fsp3) is 0.455. The van der Waals surface area contributed by atoms with Gasteiger partial charge < -0.3 is 29.6 Å². The Balaban J connectivity index is 1.47. The second-order valence-corrected chi connectivity index (χ2v) is 12.1. The highest BCUT2D eigenvalue weighted by atomic mass is 19.3. The van der Waals surface area contributed by atoms with Crippen LogP contribution in [0.15, 0.2) is 47.4 Å². The molecule has 1 aliphatic heterocycles. The van der Waals surface area contributed by atoms with Crippen molar-refractivity contribution in [2.24, 2.45) is 13.0 Å². The maximum absolute atomic E-state index is 13.6. The lowest BCUT2D eigenvalue weighted by Gasteiger charge is -2.34.